The van der Waals surface area contributed by atoms with Crippen molar-refractivity contribution >= 4 is 5.97 Å². The van der Waals surface area contributed by atoms with Crippen molar-refractivity contribution in [2.24, 2.45) is 11.8 Å². The first-order chi connectivity index (χ1) is 14.6. The van der Waals surface area contributed by atoms with Gasteiger partial charge in [0.25, 0.3) is 0 Å². The second-order valence-corrected chi connectivity index (χ2v) is 7.45. The molecule has 2 aliphatic rings. The number of methoxy groups -OCH3 is 5. The van der Waals surface area contributed by atoms with Crippen LogP contribution in [0, 0.1) is 11.8 Å². The molecule has 7 nitrogen and oxygen atoms in total. The molecule has 0 bridgehead atoms. The van der Waals surface area contributed by atoms with E-state index in [0.717, 1.165) is 16.7 Å². The van der Waals surface area contributed by atoms with Gasteiger partial charge in [-0.05, 0) is 47.4 Å². The van der Waals surface area contributed by atoms with E-state index in [4.69, 9.17) is 28.4 Å². The van der Waals surface area contributed by atoms with Crippen LogP contribution in [0.2, 0.25) is 0 Å². The second-order valence-electron chi connectivity index (χ2n) is 7.45. The minimum absolute atomic E-state index is 0.00547. The summed E-state index contributed by atoms with van der Waals surface area (Å²) in [5.74, 6) is 2.51. The van der Waals surface area contributed by atoms with Gasteiger partial charge < -0.3 is 28.4 Å². The van der Waals surface area contributed by atoms with Crippen LogP contribution in [0.3, 0.4) is 0 Å². The summed E-state index contributed by atoms with van der Waals surface area (Å²) >= 11 is 0. The van der Waals surface area contributed by atoms with Crippen molar-refractivity contribution in [3.05, 3.63) is 41.0 Å². The summed E-state index contributed by atoms with van der Waals surface area (Å²) in [5, 5.41) is 0. The van der Waals surface area contributed by atoms with Crippen LogP contribution in [0.15, 0.2) is 24.3 Å². The number of fused-ring (bicyclic) bond motifs is 2. The number of esters is 1. The summed E-state index contributed by atoms with van der Waals surface area (Å²) in [6.07, 6.45) is 0.611. The molecule has 1 heterocycles. The molecule has 0 spiro atoms. The highest BCUT2D eigenvalue weighted by Crippen LogP contribution is 2.51. The molecule has 0 unspecified atom stereocenters. The summed E-state index contributed by atoms with van der Waals surface area (Å²) in [5.41, 5.74) is 3.10. The Labute approximate surface area is 175 Å². The van der Waals surface area contributed by atoms with Crippen LogP contribution in [-0.2, 0) is 16.0 Å². The Bertz CT molecular complexity index is 943. The topological polar surface area (TPSA) is 72.5 Å². The van der Waals surface area contributed by atoms with Crippen LogP contribution in [0.5, 0.6) is 28.7 Å². The molecule has 2 aromatic rings. The molecule has 0 radical (unpaired) electrons. The number of carbonyl (C=O) groups is 1. The third-order valence-electron chi connectivity index (χ3n) is 6.13. The molecule has 2 aromatic carbocycles. The number of cyclic esters (lactones) is 1. The lowest BCUT2D eigenvalue weighted by Crippen LogP contribution is -2.31. The molecule has 4 rings (SSSR count). The zero-order valence-electron chi connectivity index (χ0n) is 17.8. The van der Waals surface area contributed by atoms with E-state index < -0.39 is 0 Å². The monoisotopic (exact) mass is 414 g/mol. The van der Waals surface area contributed by atoms with Crippen molar-refractivity contribution in [3.8, 4) is 28.7 Å². The van der Waals surface area contributed by atoms with Gasteiger partial charge in [-0.15, -0.1) is 0 Å². The van der Waals surface area contributed by atoms with Crippen molar-refractivity contribution in [1.82, 2.24) is 0 Å². The van der Waals surface area contributed by atoms with E-state index in [9.17, 15) is 4.79 Å². The SMILES string of the molecule is COc1cc2c(cc1OC)[C@H](c1cc(OC)c(OC)c(OC)c1)[C@H]1COC(=O)[C@@H]1C2. The maximum absolute atomic E-state index is 12.5. The number of hydrogen-bond donors (Lipinski definition) is 0. The number of hydrogen-bond acceptors (Lipinski definition) is 7. The Morgan fingerprint density at radius 1 is 0.800 bits per heavy atom. The van der Waals surface area contributed by atoms with E-state index in [1.165, 1.54) is 0 Å². The van der Waals surface area contributed by atoms with E-state index in [-0.39, 0.29) is 23.7 Å². The minimum Gasteiger partial charge on any atom is -0.493 e. The zero-order valence-corrected chi connectivity index (χ0v) is 17.8. The molecule has 1 fully saturated rings. The van der Waals surface area contributed by atoms with Crippen molar-refractivity contribution in [3.63, 3.8) is 0 Å². The van der Waals surface area contributed by atoms with Crippen LogP contribution in [0.4, 0.5) is 0 Å². The third kappa shape index (κ3) is 3.09. The molecule has 30 heavy (non-hydrogen) atoms. The molecule has 160 valence electrons. The minimum atomic E-state index is -0.209. The molecular formula is C23H26O7. The molecule has 1 saturated heterocycles. The lowest BCUT2D eigenvalue weighted by Gasteiger charge is -2.34. The highest BCUT2D eigenvalue weighted by atomic mass is 16.5. The van der Waals surface area contributed by atoms with Gasteiger partial charge in [0.1, 0.15) is 0 Å². The van der Waals surface area contributed by atoms with Gasteiger partial charge in [0.05, 0.1) is 48.1 Å². The number of ether oxygens (including phenoxy) is 6. The second kappa shape index (κ2) is 7.97. The Hall–Kier alpha value is -3.09. The van der Waals surface area contributed by atoms with E-state index in [1.807, 2.05) is 24.3 Å². The van der Waals surface area contributed by atoms with E-state index in [2.05, 4.69) is 0 Å². The molecule has 0 aromatic heterocycles. The van der Waals surface area contributed by atoms with Gasteiger partial charge in [-0.25, -0.2) is 0 Å². The molecular weight excluding hydrogens is 388 g/mol. The van der Waals surface area contributed by atoms with Gasteiger partial charge in [-0.2, -0.15) is 0 Å². The van der Waals surface area contributed by atoms with Gasteiger partial charge in [0.15, 0.2) is 23.0 Å². The number of rotatable bonds is 6. The van der Waals surface area contributed by atoms with Crippen LogP contribution >= 0.6 is 0 Å². The summed E-state index contributed by atoms with van der Waals surface area (Å²) < 4.78 is 33.1. The molecule has 1 aliphatic carbocycles. The smallest absolute Gasteiger partial charge is 0.309 e. The number of carbonyl (C=O) groups excluding carboxylic acids is 1. The Kier molecular flexibility index (Phi) is 5.37. The van der Waals surface area contributed by atoms with E-state index in [0.29, 0.717) is 41.8 Å². The first-order valence-electron chi connectivity index (χ1n) is 9.77. The van der Waals surface area contributed by atoms with E-state index in [1.54, 1.807) is 35.5 Å². The van der Waals surface area contributed by atoms with Crippen molar-refractivity contribution in [1.29, 1.82) is 0 Å². The molecule has 0 N–H and O–H groups in total. The predicted octanol–water partition coefficient (Wildman–Crippen LogP) is 3.21. The zero-order chi connectivity index (χ0) is 21.4. The first-order valence-corrected chi connectivity index (χ1v) is 9.77. The Morgan fingerprint density at radius 2 is 1.40 bits per heavy atom. The lowest BCUT2D eigenvalue weighted by atomic mass is 9.67. The lowest BCUT2D eigenvalue weighted by molar-refractivity contribution is -0.141. The van der Waals surface area contributed by atoms with Crippen LogP contribution in [0.1, 0.15) is 22.6 Å². The quantitative estimate of drug-likeness (QED) is 0.672. The van der Waals surface area contributed by atoms with Crippen LogP contribution < -0.4 is 23.7 Å². The fraction of sp³-hybridized carbons (Fsp3) is 0.435. The van der Waals surface area contributed by atoms with Gasteiger partial charge in [-0.1, -0.05) is 0 Å². The fourth-order valence-corrected chi connectivity index (χ4v) is 4.72. The average Bonchev–Trinajstić information content (AvgIpc) is 3.15. The van der Waals surface area contributed by atoms with Crippen molar-refractivity contribution in [2.75, 3.05) is 42.2 Å². The molecule has 0 amide bonds. The van der Waals surface area contributed by atoms with Crippen molar-refractivity contribution < 1.29 is 33.2 Å². The Balaban J connectivity index is 1.93. The predicted molar refractivity (Wildman–Crippen MR) is 109 cm³/mol. The van der Waals surface area contributed by atoms with Crippen molar-refractivity contribution in [2.45, 2.75) is 12.3 Å². The highest BCUT2D eigenvalue weighted by molar-refractivity contribution is 5.77. The largest absolute Gasteiger partial charge is 0.493 e. The molecule has 1 aliphatic heterocycles. The molecule has 3 atom stereocenters. The standard InChI is InChI=1S/C23H26O7/c1-25-17-7-12-6-15-16(11-30-23(15)24)21(14(12)10-18(17)26-2)13-8-19(27-3)22(29-5)20(9-13)28-4/h7-10,15-16,21H,6,11H2,1-5H3/t15-,16+,21+/m1/s1. The van der Waals surface area contributed by atoms with Gasteiger partial charge in [0.2, 0.25) is 5.75 Å². The average molecular weight is 414 g/mol. The highest BCUT2D eigenvalue weighted by Gasteiger charge is 2.47. The van der Waals surface area contributed by atoms with Gasteiger partial charge in [-0.3, -0.25) is 4.79 Å². The van der Waals surface area contributed by atoms with Crippen LogP contribution in [0.25, 0.3) is 0 Å². The third-order valence-corrected chi connectivity index (χ3v) is 6.13. The normalized spacial score (nSPS) is 21.9. The van der Waals surface area contributed by atoms with Gasteiger partial charge in [0, 0.05) is 11.8 Å². The summed E-state index contributed by atoms with van der Waals surface area (Å²) in [7, 11) is 7.99. The van der Waals surface area contributed by atoms with Crippen LogP contribution in [-0.4, -0.2) is 48.1 Å². The molecule has 7 heteroatoms. The fourth-order valence-electron chi connectivity index (χ4n) is 4.72. The maximum atomic E-state index is 12.5. The van der Waals surface area contributed by atoms with E-state index >= 15 is 0 Å². The maximum Gasteiger partial charge on any atom is 0.309 e. The number of benzene rings is 2. The summed E-state index contributed by atoms with van der Waals surface area (Å²) in [6, 6.07) is 7.84. The van der Waals surface area contributed by atoms with Gasteiger partial charge >= 0.3 is 5.97 Å². The Morgan fingerprint density at radius 3 is 1.97 bits per heavy atom. The summed E-state index contributed by atoms with van der Waals surface area (Å²) in [6.45, 7) is 0.374. The first kappa shape index (κ1) is 20.2. The summed E-state index contributed by atoms with van der Waals surface area (Å²) in [4.78, 5) is 12.5. The molecule has 0 saturated carbocycles.